The molecule has 3 aliphatic heterocycles. The fraction of sp³-hybridized carbons (Fsp3) is 0.553. The number of aliphatic hydroxyl groups excluding tert-OH is 1. The number of methoxy groups -OCH3 is 1. The maximum absolute atomic E-state index is 14.4. The molecule has 6 atom stereocenters. The number of nitrogens with zero attached hydrogens (tertiary/aromatic N) is 2. The number of fused-ring (bicyclic) bond motifs is 1. The number of carbonyl (C=O) groups is 2. The highest BCUT2D eigenvalue weighted by atomic mass is 16.6. The molecule has 6 rings (SSSR count). The van der Waals surface area contributed by atoms with E-state index in [-0.39, 0.29) is 41.8 Å². The van der Waals surface area contributed by atoms with Crippen LogP contribution in [0.25, 0.3) is 5.57 Å². The van der Waals surface area contributed by atoms with Crippen LogP contribution in [0.15, 0.2) is 59.2 Å². The molecule has 1 saturated heterocycles. The Morgan fingerprint density at radius 3 is 2.82 bits per heavy atom. The van der Waals surface area contributed by atoms with Crippen molar-refractivity contribution in [1.82, 2.24) is 15.5 Å². The summed E-state index contributed by atoms with van der Waals surface area (Å²) in [6, 6.07) is 15.9. The lowest BCUT2D eigenvalue weighted by Gasteiger charge is -2.39. The Bertz CT molecular complexity index is 1500. The summed E-state index contributed by atoms with van der Waals surface area (Å²) in [5.74, 6) is 1.82. The van der Waals surface area contributed by atoms with Crippen LogP contribution in [-0.2, 0) is 14.3 Å². The monoisotopic (exact) mass is 674 g/mol. The number of rotatable bonds is 12. The SMILES string of the molecule is CCOC(=O)N[C@H]1CCCC[C@@H]1C1C=NC(C(=O)N2CCNC[C@H]2CCOc2ccc3c(c2)OCC3CC(O)OC)=C(c2ccccc2)C1. The van der Waals surface area contributed by atoms with Crippen molar-refractivity contribution in [1.29, 1.82) is 0 Å². The minimum atomic E-state index is -0.824. The summed E-state index contributed by atoms with van der Waals surface area (Å²) in [4.78, 5) is 33.6. The van der Waals surface area contributed by atoms with Crippen molar-refractivity contribution in [3.8, 4) is 11.5 Å². The van der Waals surface area contributed by atoms with E-state index in [1.165, 1.54) is 7.11 Å². The van der Waals surface area contributed by atoms with E-state index in [1.54, 1.807) is 0 Å². The van der Waals surface area contributed by atoms with Gasteiger partial charge in [0, 0.05) is 81.3 Å². The van der Waals surface area contributed by atoms with Gasteiger partial charge in [-0.1, -0.05) is 49.2 Å². The van der Waals surface area contributed by atoms with E-state index in [0.717, 1.165) is 48.1 Å². The molecule has 0 radical (unpaired) electrons. The van der Waals surface area contributed by atoms with Gasteiger partial charge in [0.15, 0.2) is 6.29 Å². The number of aliphatic hydroxyl groups is 1. The van der Waals surface area contributed by atoms with E-state index in [1.807, 2.05) is 54.4 Å². The van der Waals surface area contributed by atoms with Gasteiger partial charge in [-0.3, -0.25) is 9.79 Å². The van der Waals surface area contributed by atoms with Gasteiger partial charge in [-0.2, -0.15) is 0 Å². The molecule has 2 amide bonds. The van der Waals surface area contributed by atoms with Crippen molar-refractivity contribution in [2.24, 2.45) is 16.8 Å². The van der Waals surface area contributed by atoms with Gasteiger partial charge in [-0.05, 0) is 49.3 Å². The third-order valence-electron chi connectivity index (χ3n) is 10.3. The Hall–Kier alpha value is -3.93. The molecule has 2 aromatic rings. The summed E-state index contributed by atoms with van der Waals surface area (Å²) < 4.78 is 22.3. The second kappa shape index (κ2) is 16.7. The third-order valence-corrected chi connectivity index (χ3v) is 10.3. The Morgan fingerprint density at radius 2 is 2.00 bits per heavy atom. The zero-order valence-corrected chi connectivity index (χ0v) is 28.6. The van der Waals surface area contributed by atoms with Gasteiger partial charge in [-0.15, -0.1) is 0 Å². The fourth-order valence-electron chi connectivity index (χ4n) is 7.77. The lowest BCUT2D eigenvalue weighted by atomic mass is 9.73. The van der Waals surface area contributed by atoms with Crippen LogP contribution in [0.2, 0.25) is 0 Å². The number of nitrogens with one attached hydrogen (secondary N) is 2. The topological polar surface area (TPSA) is 131 Å². The lowest BCUT2D eigenvalue weighted by molar-refractivity contribution is -0.130. The van der Waals surface area contributed by atoms with E-state index in [0.29, 0.717) is 70.2 Å². The normalized spacial score (nSPS) is 25.7. The Kier molecular flexibility index (Phi) is 11.9. The van der Waals surface area contributed by atoms with Gasteiger partial charge < -0.3 is 39.6 Å². The van der Waals surface area contributed by atoms with Crippen molar-refractivity contribution in [2.45, 2.75) is 76.2 Å². The molecular formula is C38H50N4O7. The van der Waals surface area contributed by atoms with Gasteiger partial charge >= 0.3 is 6.09 Å². The second-order valence-corrected chi connectivity index (χ2v) is 13.4. The zero-order valence-electron chi connectivity index (χ0n) is 28.6. The quantitative estimate of drug-likeness (QED) is 0.272. The van der Waals surface area contributed by atoms with Crippen molar-refractivity contribution in [3.05, 3.63) is 65.4 Å². The maximum atomic E-state index is 14.4. The predicted octanol–water partition coefficient (Wildman–Crippen LogP) is 4.89. The molecule has 4 aliphatic rings. The van der Waals surface area contributed by atoms with Crippen LogP contribution in [0.3, 0.4) is 0 Å². The van der Waals surface area contributed by atoms with Crippen molar-refractivity contribution in [3.63, 3.8) is 0 Å². The first kappa shape index (κ1) is 34.9. The Balaban J connectivity index is 1.14. The molecule has 264 valence electrons. The minimum Gasteiger partial charge on any atom is -0.493 e. The average Bonchev–Trinajstić information content (AvgIpc) is 3.53. The molecule has 11 heteroatoms. The molecule has 3 heterocycles. The highest BCUT2D eigenvalue weighted by molar-refractivity contribution is 6.03. The molecule has 2 fully saturated rings. The molecule has 2 aromatic carbocycles. The first-order valence-corrected chi connectivity index (χ1v) is 17.8. The number of benzene rings is 2. The van der Waals surface area contributed by atoms with Crippen LogP contribution in [0, 0.1) is 11.8 Å². The minimum absolute atomic E-state index is 0.0123. The molecule has 1 aliphatic carbocycles. The molecular weight excluding hydrogens is 624 g/mol. The van der Waals surface area contributed by atoms with Crippen molar-refractivity contribution in [2.75, 3.05) is 46.6 Å². The van der Waals surface area contributed by atoms with E-state index in [9.17, 15) is 14.7 Å². The van der Waals surface area contributed by atoms with Gasteiger partial charge in [0.05, 0.1) is 19.8 Å². The van der Waals surface area contributed by atoms with Crippen LogP contribution in [0.5, 0.6) is 11.5 Å². The fourth-order valence-corrected chi connectivity index (χ4v) is 7.77. The summed E-state index contributed by atoms with van der Waals surface area (Å²) in [5.41, 5.74) is 3.52. The van der Waals surface area contributed by atoms with Crippen LogP contribution in [-0.4, -0.2) is 93.2 Å². The molecule has 49 heavy (non-hydrogen) atoms. The summed E-state index contributed by atoms with van der Waals surface area (Å²) in [6.07, 6.45) is 6.66. The number of allylic oxidation sites excluding steroid dienone is 1. The van der Waals surface area contributed by atoms with E-state index in [4.69, 9.17) is 23.9 Å². The molecule has 3 N–H and O–H groups in total. The van der Waals surface area contributed by atoms with E-state index >= 15 is 0 Å². The summed E-state index contributed by atoms with van der Waals surface area (Å²) in [7, 11) is 1.49. The number of piperazine rings is 1. The summed E-state index contributed by atoms with van der Waals surface area (Å²) in [6.45, 7) is 5.07. The zero-order chi connectivity index (χ0) is 34.2. The van der Waals surface area contributed by atoms with E-state index in [2.05, 4.69) is 22.8 Å². The number of aliphatic imine (C=N–C) groups is 1. The van der Waals surface area contributed by atoms with Crippen LogP contribution < -0.4 is 20.1 Å². The largest absolute Gasteiger partial charge is 0.493 e. The molecule has 11 nitrogen and oxygen atoms in total. The van der Waals surface area contributed by atoms with Crippen LogP contribution in [0.1, 0.15) is 68.9 Å². The maximum Gasteiger partial charge on any atom is 0.407 e. The van der Waals surface area contributed by atoms with Crippen LogP contribution in [0.4, 0.5) is 4.79 Å². The molecule has 1 saturated carbocycles. The number of hydrogen-bond acceptors (Lipinski definition) is 9. The average molecular weight is 675 g/mol. The van der Waals surface area contributed by atoms with Gasteiger partial charge in [-0.25, -0.2) is 4.79 Å². The first-order valence-electron chi connectivity index (χ1n) is 17.8. The highest BCUT2D eigenvalue weighted by Crippen LogP contribution is 2.40. The van der Waals surface area contributed by atoms with Gasteiger partial charge in [0.1, 0.15) is 17.2 Å². The highest BCUT2D eigenvalue weighted by Gasteiger charge is 2.37. The summed E-state index contributed by atoms with van der Waals surface area (Å²) in [5, 5.41) is 16.5. The van der Waals surface area contributed by atoms with Crippen molar-refractivity contribution >= 4 is 23.8 Å². The van der Waals surface area contributed by atoms with Crippen molar-refractivity contribution < 1.29 is 33.6 Å². The molecule has 0 aromatic heterocycles. The van der Waals surface area contributed by atoms with E-state index < -0.39 is 6.29 Å². The van der Waals surface area contributed by atoms with Crippen LogP contribution >= 0.6 is 0 Å². The number of carbonyl (C=O) groups excluding carboxylic acids is 2. The second-order valence-electron chi connectivity index (χ2n) is 13.4. The first-order chi connectivity index (χ1) is 23.9. The molecule has 0 bridgehead atoms. The molecule has 0 spiro atoms. The Morgan fingerprint density at radius 1 is 1.16 bits per heavy atom. The van der Waals surface area contributed by atoms with Gasteiger partial charge in [0.25, 0.3) is 5.91 Å². The summed E-state index contributed by atoms with van der Waals surface area (Å²) >= 11 is 0. The standard InChI is InChI=1S/C38H50N4O7/c1-3-47-38(45)41-33-12-8-7-11-30(33)26-19-32(25-9-5-4-6-10-25)36(40-22-26)37(44)42-17-16-39-23-28(42)15-18-48-29-13-14-31-27(20-35(43)46-2)24-49-34(31)21-29/h4-6,9-10,13-14,21-22,26-28,30,33,35,39,43H,3,7-8,11-12,15-20,23-24H2,1-2H3,(H,41,45)/t26?,27?,28-,30-,33+,35?/m1/s1. The lowest BCUT2D eigenvalue weighted by Crippen LogP contribution is -2.54. The number of ether oxygens (including phenoxy) is 4. The number of alkyl carbamates (subject to hydrolysis) is 1. The van der Waals surface area contributed by atoms with Gasteiger partial charge in [0.2, 0.25) is 0 Å². The number of hydrogen-bond donors (Lipinski definition) is 3. The molecule has 3 unspecified atom stereocenters. The smallest absolute Gasteiger partial charge is 0.407 e. The number of amides is 2. The Labute approximate surface area is 289 Å². The third kappa shape index (κ3) is 8.45. The predicted molar refractivity (Wildman–Crippen MR) is 187 cm³/mol.